The van der Waals surface area contributed by atoms with Gasteiger partial charge in [-0.1, -0.05) is 6.42 Å². The maximum atomic E-state index is 11.9. The highest BCUT2D eigenvalue weighted by atomic mass is 32.1. The molecule has 1 unspecified atom stereocenters. The number of carbonyl (C=O) groups excluding carboxylic acids is 1. The Morgan fingerprint density at radius 2 is 2.29 bits per heavy atom. The minimum atomic E-state index is -0.773. The van der Waals surface area contributed by atoms with Crippen molar-refractivity contribution in [2.45, 2.75) is 44.6 Å². The Kier molecular flexibility index (Phi) is 6.13. The van der Waals surface area contributed by atoms with Crippen LogP contribution in [0.15, 0.2) is 6.20 Å². The van der Waals surface area contributed by atoms with E-state index in [9.17, 15) is 9.59 Å². The molecule has 0 bridgehead atoms. The lowest BCUT2D eigenvalue weighted by molar-refractivity contribution is -0.137. The predicted octanol–water partition coefficient (Wildman–Crippen LogP) is 2.37. The maximum absolute atomic E-state index is 11.9. The van der Waals surface area contributed by atoms with Crippen LogP contribution in [0, 0.1) is 0 Å². The molecule has 6 nitrogen and oxygen atoms in total. The third-order valence-electron chi connectivity index (χ3n) is 3.31. The van der Waals surface area contributed by atoms with Crippen molar-refractivity contribution >= 4 is 23.2 Å². The molecule has 116 valence electrons. The molecule has 0 spiro atoms. The first-order chi connectivity index (χ1) is 10.2. The summed E-state index contributed by atoms with van der Waals surface area (Å²) in [5.41, 5.74) is 0. The van der Waals surface area contributed by atoms with E-state index >= 15 is 0 Å². The lowest BCUT2D eigenvalue weighted by Gasteiger charge is -2.04. The molecule has 1 saturated heterocycles. The van der Waals surface area contributed by atoms with Gasteiger partial charge in [0, 0.05) is 19.6 Å². The van der Waals surface area contributed by atoms with E-state index in [2.05, 4.69) is 10.3 Å². The highest BCUT2D eigenvalue weighted by Crippen LogP contribution is 2.31. The summed E-state index contributed by atoms with van der Waals surface area (Å²) in [5, 5.41) is 12.2. The molecule has 0 radical (unpaired) electrons. The van der Waals surface area contributed by atoms with E-state index in [0.29, 0.717) is 17.8 Å². The second kappa shape index (κ2) is 8.09. The van der Waals surface area contributed by atoms with Crippen LogP contribution in [0.25, 0.3) is 0 Å². The third kappa shape index (κ3) is 5.09. The molecule has 1 aromatic rings. The van der Waals surface area contributed by atoms with Gasteiger partial charge in [0.1, 0.15) is 16.0 Å². The van der Waals surface area contributed by atoms with E-state index in [1.807, 2.05) is 0 Å². The molecule has 0 aliphatic carbocycles. The molecule has 1 aliphatic rings. The summed E-state index contributed by atoms with van der Waals surface area (Å²) in [6.07, 6.45) is 6.09. The number of carboxylic acid groups (broad SMARTS) is 1. The van der Waals surface area contributed by atoms with Crippen molar-refractivity contribution < 1.29 is 19.4 Å². The summed E-state index contributed by atoms with van der Waals surface area (Å²) < 4.78 is 5.55. The van der Waals surface area contributed by atoms with Crippen molar-refractivity contribution in [3.8, 4) is 0 Å². The SMILES string of the molecule is O=C(O)CCCCCNC(=O)c1cnc(C2CCCO2)s1. The van der Waals surface area contributed by atoms with Crippen molar-refractivity contribution in [3.05, 3.63) is 16.1 Å². The number of carboxylic acids is 1. The maximum Gasteiger partial charge on any atom is 0.303 e. The smallest absolute Gasteiger partial charge is 0.303 e. The van der Waals surface area contributed by atoms with Gasteiger partial charge in [-0.05, 0) is 25.7 Å². The van der Waals surface area contributed by atoms with Gasteiger partial charge < -0.3 is 15.2 Å². The molecule has 7 heteroatoms. The normalized spacial score (nSPS) is 17.8. The number of unbranched alkanes of at least 4 members (excludes halogenated alkanes) is 2. The van der Waals surface area contributed by atoms with Crippen molar-refractivity contribution in [2.24, 2.45) is 0 Å². The minimum absolute atomic E-state index is 0.0487. The summed E-state index contributed by atoms with van der Waals surface area (Å²) >= 11 is 1.38. The molecule has 1 aliphatic heterocycles. The molecule has 0 aromatic carbocycles. The summed E-state index contributed by atoms with van der Waals surface area (Å²) in [6.45, 7) is 1.33. The Bertz CT molecular complexity index is 483. The third-order valence-corrected chi connectivity index (χ3v) is 4.39. The highest BCUT2D eigenvalue weighted by molar-refractivity contribution is 7.13. The predicted molar refractivity (Wildman–Crippen MR) is 78.5 cm³/mol. The summed E-state index contributed by atoms with van der Waals surface area (Å²) in [6, 6.07) is 0. The number of amides is 1. The van der Waals surface area contributed by atoms with E-state index in [-0.39, 0.29) is 18.4 Å². The van der Waals surface area contributed by atoms with Crippen LogP contribution >= 0.6 is 11.3 Å². The van der Waals surface area contributed by atoms with Gasteiger partial charge in [-0.2, -0.15) is 0 Å². The van der Waals surface area contributed by atoms with Gasteiger partial charge in [-0.3, -0.25) is 9.59 Å². The summed E-state index contributed by atoms with van der Waals surface area (Å²) in [4.78, 5) is 27.2. The second-order valence-corrected chi connectivity index (χ2v) is 6.09. The number of ether oxygens (including phenoxy) is 1. The average molecular weight is 312 g/mol. The lowest BCUT2D eigenvalue weighted by Crippen LogP contribution is -2.23. The number of aliphatic carboxylic acids is 1. The van der Waals surface area contributed by atoms with Crippen LogP contribution in [0.5, 0.6) is 0 Å². The van der Waals surface area contributed by atoms with Crippen LogP contribution in [0.4, 0.5) is 0 Å². The molecule has 1 aromatic heterocycles. The monoisotopic (exact) mass is 312 g/mol. The van der Waals surface area contributed by atoms with Crippen LogP contribution in [0.2, 0.25) is 0 Å². The molecule has 0 saturated carbocycles. The lowest BCUT2D eigenvalue weighted by atomic mass is 10.2. The minimum Gasteiger partial charge on any atom is -0.481 e. The van der Waals surface area contributed by atoms with Gasteiger partial charge in [-0.15, -0.1) is 11.3 Å². The average Bonchev–Trinajstić information content (AvgIpc) is 3.11. The van der Waals surface area contributed by atoms with Crippen LogP contribution in [-0.2, 0) is 9.53 Å². The van der Waals surface area contributed by atoms with Crippen molar-refractivity contribution in [1.29, 1.82) is 0 Å². The van der Waals surface area contributed by atoms with E-state index in [0.717, 1.165) is 37.3 Å². The van der Waals surface area contributed by atoms with Gasteiger partial charge in [-0.25, -0.2) is 4.98 Å². The van der Waals surface area contributed by atoms with Crippen molar-refractivity contribution in [1.82, 2.24) is 10.3 Å². The first-order valence-electron chi connectivity index (χ1n) is 7.24. The van der Waals surface area contributed by atoms with E-state index < -0.39 is 5.97 Å². The Hall–Kier alpha value is -1.47. The molecule has 1 fully saturated rings. The van der Waals surface area contributed by atoms with Gasteiger partial charge >= 0.3 is 5.97 Å². The zero-order chi connectivity index (χ0) is 15.1. The van der Waals surface area contributed by atoms with E-state index in [4.69, 9.17) is 9.84 Å². The molecular formula is C14H20N2O4S. The van der Waals surface area contributed by atoms with Gasteiger partial charge in [0.25, 0.3) is 5.91 Å². The van der Waals surface area contributed by atoms with Crippen LogP contribution in [-0.4, -0.2) is 35.1 Å². The molecule has 21 heavy (non-hydrogen) atoms. The first kappa shape index (κ1) is 15.9. The number of rotatable bonds is 8. The Morgan fingerprint density at radius 1 is 1.43 bits per heavy atom. The topological polar surface area (TPSA) is 88.5 Å². The molecular weight excluding hydrogens is 292 g/mol. The largest absolute Gasteiger partial charge is 0.481 e. The van der Waals surface area contributed by atoms with Crippen LogP contribution in [0.3, 0.4) is 0 Å². The van der Waals surface area contributed by atoms with Crippen molar-refractivity contribution in [2.75, 3.05) is 13.2 Å². The van der Waals surface area contributed by atoms with Crippen LogP contribution < -0.4 is 5.32 Å². The number of nitrogens with zero attached hydrogens (tertiary/aromatic N) is 1. The fourth-order valence-electron chi connectivity index (χ4n) is 2.18. The Morgan fingerprint density at radius 3 is 3.00 bits per heavy atom. The zero-order valence-electron chi connectivity index (χ0n) is 11.8. The molecule has 1 amide bonds. The van der Waals surface area contributed by atoms with Crippen LogP contribution in [0.1, 0.15) is 59.3 Å². The Labute approximate surface area is 127 Å². The number of hydrogen-bond acceptors (Lipinski definition) is 5. The fraction of sp³-hybridized carbons (Fsp3) is 0.643. The highest BCUT2D eigenvalue weighted by Gasteiger charge is 2.22. The second-order valence-electron chi connectivity index (χ2n) is 5.02. The van der Waals surface area contributed by atoms with E-state index in [1.165, 1.54) is 11.3 Å². The van der Waals surface area contributed by atoms with Gasteiger partial charge in [0.05, 0.1) is 6.20 Å². The van der Waals surface area contributed by atoms with Gasteiger partial charge in [0.15, 0.2) is 0 Å². The number of aromatic nitrogens is 1. The first-order valence-corrected chi connectivity index (χ1v) is 8.06. The Balaban J connectivity index is 1.67. The molecule has 2 rings (SSSR count). The number of hydrogen-bond donors (Lipinski definition) is 2. The number of nitrogens with one attached hydrogen (secondary N) is 1. The zero-order valence-corrected chi connectivity index (χ0v) is 12.7. The molecule has 2 N–H and O–H groups in total. The summed E-state index contributed by atoms with van der Waals surface area (Å²) in [7, 11) is 0. The molecule has 1 atom stereocenters. The number of carbonyl (C=O) groups is 2. The standard InChI is InChI=1S/C14H20N2O4S/c17-12(18)6-2-1-3-7-15-13(19)11-9-16-14(21-11)10-5-4-8-20-10/h9-10H,1-8H2,(H,15,19)(H,17,18). The van der Waals surface area contributed by atoms with E-state index in [1.54, 1.807) is 6.20 Å². The summed E-state index contributed by atoms with van der Waals surface area (Å²) in [5.74, 6) is -0.889. The molecule has 2 heterocycles. The van der Waals surface area contributed by atoms with Gasteiger partial charge in [0.2, 0.25) is 0 Å². The van der Waals surface area contributed by atoms with Crippen molar-refractivity contribution in [3.63, 3.8) is 0 Å². The quantitative estimate of drug-likeness (QED) is 0.719. The number of thiazole rings is 1. The fourth-order valence-corrected chi connectivity index (χ4v) is 3.10.